The molecular weight excluding hydrogens is 357 g/mol. The highest BCUT2D eigenvalue weighted by Gasteiger charge is 2.19. The fraction of sp³-hybridized carbons (Fsp3) is 0.0556. The van der Waals surface area contributed by atoms with Crippen molar-refractivity contribution in [3.8, 4) is 17.1 Å². The van der Waals surface area contributed by atoms with Crippen LogP contribution in [0, 0.1) is 0 Å². The third-order valence-electron chi connectivity index (χ3n) is 3.88. The maximum atomic E-state index is 6.42. The van der Waals surface area contributed by atoms with E-state index >= 15 is 0 Å². The zero-order chi connectivity index (χ0) is 17.4. The van der Waals surface area contributed by atoms with Gasteiger partial charge in [-0.15, -0.1) is 0 Å². The second-order valence-electron chi connectivity index (χ2n) is 5.37. The predicted molar refractivity (Wildman–Crippen MR) is 102 cm³/mol. The van der Waals surface area contributed by atoms with E-state index in [1.54, 1.807) is 7.05 Å². The summed E-state index contributed by atoms with van der Waals surface area (Å²) in [6.45, 7) is 0. The lowest BCUT2D eigenvalue weighted by atomic mass is 10.2. The first kappa shape index (κ1) is 15.9. The highest BCUT2D eigenvalue weighted by molar-refractivity contribution is 6.33. The van der Waals surface area contributed by atoms with Crippen LogP contribution in [0.2, 0.25) is 10.0 Å². The maximum absolute atomic E-state index is 6.42. The van der Waals surface area contributed by atoms with Gasteiger partial charge in [0.25, 0.3) is 0 Å². The van der Waals surface area contributed by atoms with Crippen LogP contribution in [-0.4, -0.2) is 26.6 Å². The SMILES string of the molecule is CNc1ncnc2c1nc(-c1ccccc1Cl)n2-c1ccc(Cl)cc1. The van der Waals surface area contributed by atoms with E-state index in [2.05, 4.69) is 15.3 Å². The van der Waals surface area contributed by atoms with E-state index in [1.165, 1.54) is 6.33 Å². The molecule has 2 aromatic heterocycles. The Morgan fingerprint density at radius 2 is 1.72 bits per heavy atom. The van der Waals surface area contributed by atoms with E-state index < -0.39 is 0 Å². The number of nitrogens with zero attached hydrogens (tertiary/aromatic N) is 4. The largest absolute Gasteiger partial charge is 0.371 e. The van der Waals surface area contributed by atoms with Crippen molar-refractivity contribution in [2.24, 2.45) is 0 Å². The van der Waals surface area contributed by atoms with Gasteiger partial charge in [0.2, 0.25) is 0 Å². The van der Waals surface area contributed by atoms with Crippen molar-refractivity contribution in [2.75, 3.05) is 12.4 Å². The van der Waals surface area contributed by atoms with E-state index in [9.17, 15) is 0 Å². The number of halogens is 2. The van der Waals surface area contributed by atoms with Crippen LogP contribution in [0.25, 0.3) is 28.2 Å². The van der Waals surface area contributed by atoms with E-state index in [4.69, 9.17) is 28.2 Å². The Balaban J connectivity index is 2.09. The van der Waals surface area contributed by atoms with Gasteiger partial charge >= 0.3 is 0 Å². The van der Waals surface area contributed by atoms with Gasteiger partial charge in [-0.05, 0) is 36.4 Å². The standard InChI is InChI=1S/C18H13Cl2N5/c1-21-16-15-18(23-10-22-16)25(12-8-6-11(19)7-9-12)17(24-15)13-4-2-3-5-14(13)20/h2-10H,1H3,(H,21,22,23). The molecule has 0 spiro atoms. The number of anilines is 1. The van der Waals surface area contributed by atoms with Crippen molar-refractivity contribution >= 4 is 40.2 Å². The second-order valence-corrected chi connectivity index (χ2v) is 6.22. The van der Waals surface area contributed by atoms with Crippen molar-refractivity contribution in [3.63, 3.8) is 0 Å². The zero-order valence-corrected chi connectivity index (χ0v) is 14.8. The van der Waals surface area contributed by atoms with E-state index in [0.29, 0.717) is 32.9 Å². The minimum atomic E-state index is 0.618. The fourth-order valence-electron chi connectivity index (χ4n) is 2.73. The number of benzene rings is 2. The van der Waals surface area contributed by atoms with Gasteiger partial charge in [-0.25, -0.2) is 15.0 Å². The van der Waals surface area contributed by atoms with Crippen LogP contribution in [0.15, 0.2) is 54.9 Å². The molecule has 7 heteroatoms. The van der Waals surface area contributed by atoms with E-state index in [0.717, 1.165) is 11.3 Å². The monoisotopic (exact) mass is 369 g/mol. The number of aromatic nitrogens is 4. The highest BCUT2D eigenvalue weighted by atomic mass is 35.5. The van der Waals surface area contributed by atoms with Gasteiger partial charge in [-0.1, -0.05) is 35.3 Å². The quantitative estimate of drug-likeness (QED) is 0.561. The van der Waals surface area contributed by atoms with Gasteiger partial charge in [-0.2, -0.15) is 0 Å². The molecule has 1 N–H and O–H groups in total. The molecule has 0 amide bonds. The normalized spacial score (nSPS) is 11.0. The lowest BCUT2D eigenvalue weighted by molar-refractivity contribution is 1.07. The third kappa shape index (κ3) is 2.71. The highest BCUT2D eigenvalue weighted by Crippen LogP contribution is 2.33. The molecule has 4 aromatic rings. The van der Waals surface area contributed by atoms with Gasteiger partial charge in [0.05, 0.1) is 5.02 Å². The van der Waals surface area contributed by atoms with Crippen LogP contribution in [0.4, 0.5) is 5.82 Å². The Kier molecular flexibility index (Phi) is 4.03. The minimum Gasteiger partial charge on any atom is -0.371 e. The molecule has 0 saturated carbocycles. The Morgan fingerprint density at radius 1 is 0.960 bits per heavy atom. The fourth-order valence-corrected chi connectivity index (χ4v) is 3.08. The van der Waals surface area contributed by atoms with Crippen molar-refractivity contribution in [3.05, 3.63) is 64.9 Å². The molecule has 0 aliphatic rings. The molecule has 0 saturated heterocycles. The third-order valence-corrected chi connectivity index (χ3v) is 4.46. The van der Waals surface area contributed by atoms with E-state index in [-0.39, 0.29) is 0 Å². The molecular formula is C18H13Cl2N5. The maximum Gasteiger partial charge on any atom is 0.170 e. The van der Waals surface area contributed by atoms with Gasteiger partial charge < -0.3 is 5.32 Å². The average molecular weight is 370 g/mol. The predicted octanol–water partition coefficient (Wildman–Crippen LogP) is 4.83. The molecule has 0 fully saturated rings. The summed E-state index contributed by atoms with van der Waals surface area (Å²) < 4.78 is 1.95. The molecule has 0 radical (unpaired) electrons. The zero-order valence-electron chi connectivity index (χ0n) is 13.2. The number of hydrogen-bond acceptors (Lipinski definition) is 4. The molecule has 2 heterocycles. The van der Waals surface area contributed by atoms with Gasteiger partial charge in [0.1, 0.15) is 12.2 Å². The molecule has 0 aliphatic carbocycles. The smallest absolute Gasteiger partial charge is 0.170 e. The molecule has 124 valence electrons. The average Bonchev–Trinajstić information content (AvgIpc) is 3.02. The van der Waals surface area contributed by atoms with Crippen LogP contribution in [0.1, 0.15) is 0 Å². The summed E-state index contributed by atoms with van der Waals surface area (Å²) in [5.74, 6) is 1.35. The first-order chi connectivity index (χ1) is 12.2. The molecule has 25 heavy (non-hydrogen) atoms. The topological polar surface area (TPSA) is 55.6 Å². The molecule has 2 aromatic carbocycles. The van der Waals surface area contributed by atoms with Crippen LogP contribution < -0.4 is 5.32 Å². The number of rotatable bonds is 3. The molecule has 4 rings (SSSR count). The molecule has 5 nitrogen and oxygen atoms in total. The van der Waals surface area contributed by atoms with Crippen molar-refractivity contribution < 1.29 is 0 Å². The van der Waals surface area contributed by atoms with Crippen LogP contribution in [-0.2, 0) is 0 Å². The second kappa shape index (κ2) is 6.35. The Bertz CT molecular complexity index is 1060. The number of fused-ring (bicyclic) bond motifs is 1. The van der Waals surface area contributed by atoms with Crippen LogP contribution in [0.3, 0.4) is 0 Å². The Labute approximate surface area is 154 Å². The summed E-state index contributed by atoms with van der Waals surface area (Å²) in [6.07, 6.45) is 1.51. The Morgan fingerprint density at radius 3 is 2.44 bits per heavy atom. The first-order valence-corrected chi connectivity index (χ1v) is 8.36. The van der Waals surface area contributed by atoms with Gasteiger partial charge in [0.15, 0.2) is 17.0 Å². The number of nitrogens with one attached hydrogen (secondary N) is 1. The number of imidazole rings is 1. The van der Waals surface area contributed by atoms with Gasteiger partial charge in [-0.3, -0.25) is 4.57 Å². The molecule has 0 unspecified atom stereocenters. The molecule has 0 bridgehead atoms. The summed E-state index contributed by atoms with van der Waals surface area (Å²) in [5, 5.41) is 4.34. The molecule has 0 atom stereocenters. The van der Waals surface area contributed by atoms with Gasteiger partial charge in [0, 0.05) is 23.3 Å². The summed E-state index contributed by atoms with van der Waals surface area (Å²) in [6, 6.07) is 15.1. The first-order valence-electron chi connectivity index (χ1n) is 7.61. The summed E-state index contributed by atoms with van der Waals surface area (Å²) in [7, 11) is 1.80. The lowest BCUT2D eigenvalue weighted by Crippen LogP contribution is -2.00. The van der Waals surface area contributed by atoms with Crippen molar-refractivity contribution in [2.45, 2.75) is 0 Å². The Hall–Kier alpha value is -2.63. The van der Waals surface area contributed by atoms with E-state index in [1.807, 2.05) is 53.1 Å². The molecule has 0 aliphatic heterocycles. The summed E-state index contributed by atoms with van der Waals surface area (Å²) in [4.78, 5) is 13.5. The summed E-state index contributed by atoms with van der Waals surface area (Å²) in [5.41, 5.74) is 3.08. The number of hydrogen-bond donors (Lipinski definition) is 1. The van der Waals surface area contributed by atoms with Crippen molar-refractivity contribution in [1.29, 1.82) is 0 Å². The minimum absolute atomic E-state index is 0.618. The van der Waals surface area contributed by atoms with Crippen LogP contribution in [0.5, 0.6) is 0 Å². The summed E-state index contributed by atoms with van der Waals surface area (Å²) >= 11 is 12.5. The van der Waals surface area contributed by atoms with Crippen LogP contribution >= 0.6 is 23.2 Å². The van der Waals surface area contributed by atoms with Crippen molar-refractivity contribution in [1.82, 2.24) is 19.5 Å². The lowest BCUT2D eigenvalue weighted by Gasteiger charge is -2.10.